The van der Waals surface area contributed by atoms with Gasteiger partial charge in [0.25, 0.3) is 0 Å². The molecule has 0 heterocycles. The Kier molecular flexibility index (Phi) is 7.84. The third kappa shape index (κ3) is 7.66. The molecule has 0 radical (unpaired) electrons. The van der Waals surface area contributed by atoms with E-state index >= 15 is 0 Å². The van der Waals surface area contributed by atoms with Crippen LogP contribution in [0.2, 0.25) is 0 Å². The summed E-state index contributed by atoms with van der Waals surface area (Å²) < 4.78 is 18.8. The zero-order valence-electron chi connectivity index (χ0n) is 24.9. The Morgan fingerprint density at radius 1 is 0.308 bits per heavy atom. The van der Waals surface area contributed by atoms with E-state index < -0.39 is 0 Å². The van der Waals surface area contributed by atoms with Gasteiger partial charge in [0.2, 0.25) is 0 Å². The predicted octanol–water partition coefficient (Wildman–Crippen LogP) is 11.0. The highest BCUT2D eigenvalue weighted by atomic mass is 16.5. The van der Waals surface area contributed by atoms with Gasteiger partial charge in [-0.25, -0.2) is 0 Å². The Balaban J connectivity index is 1.62. The van der Waals surface area contributed by atoms with E-state index in [2.05, 4.69) is 98.7 Å². The molecule has 4 rings (SSSR count). The molecule has 3 nitrogen and oxygen atoms in total. The highest BCUT2D eigenvalue weighted by Gasteiger charge is 2.16. The van der Waals surface area contributed by atoms with Crippen molar-refractivity contribution in [3.63, 3.8) is 0 Å². The van der Waals surface area contributed by atoms with Crippen molar-refractivity contribution in [2.45, 2.75) is 78.6 Å². The number of ether oxygens (including phenoxy) is 3. The maximum Gasteiger partial charge on any atom is 0.134 e. The zero-order chi connectivity index (χ0) is 28.4. The lowest BCUT2D eigenvalue weighted by atomic mass is 9.87. The van der Waals surface area contributed by atoms with Gasteiger partial charge in [-0.1, -0.05) is 98.7 Å². The minimum atomic E-state index is 0.0817. The Bertz CT molecular complexity index is 1190. The minimum Gasteiger partial charge on any atom is -0.457 e. The maximum absolute atomic E-state index is 6.27. The molecule has 0 spiro atoms. The molecule has 0 amide bonds. The van der Waals surface area contributed by atoms with Crippen LogP contribution in [-0.4, -0.2) is 0 Å². The summed E-state index contributed by atoms with van der Waals surface area (Å²) in [5, 5.41) is 0. The molecule has 0 atom stereocenters. The number of hydrogen-bond acceptors (Lipinski definition) is 3. The van der Waals surface area contributed by atoms with Crippen molar-refractivity contribution in [2.75, 3.05) is 0 Å². The topological polar surface area (TPSA) is 27.7 Å². The average Bonchev–Trinajstić information content (AvgIpc) is 2.83. The third-order valence-corrected chi connectivity index (χ3v) is 6.72. The van der Waals surface area contributed by atoms with Crippen molar-refractivity contribution in [3.05, 3.63) is 108 Å². The molecule has 4 aromatic carbocycles. The van der Waals surface area contributed by atoms with Gasteiger partial charge in [0.1, 0.15) is 34.5 Å². The zero-order valence-corrected chi connectivity index (χ0v) is 24.9. The van der Waals surface area contributed by atoms with Crippen molar-refractivity contribution in [3.8, 4) is 34.5 Å². The van der Waals surface area contributed by atoms with Crippen molar-refractivity contribution in [1.82, 2.24) is 0 Å². The second-order valence-corrected chi connectivity index (χ2v) is 13.3. The molecule has 0 aliphatic rings. The second kappa shape index (κ2) is 10.8. The van der Waals surface area contributed by atoms with E-state index in [1.165, 1.54) is 16.7 Å². The van der Waals surface area contributed by atoms with Crippen LogP contribution in [-0.2, 0) is 16.2 Å². The van der Waals surface area contributed by atoms with Crippen molar-refractivity contribution < 1.29 is 14.2 Å². The Hall–Kier alpha value is -3.72. The van der Waals surface area contributed by atoms with Crippen molar-refractivity contribution in [1.29, 1.82) is 0 Å². The minimum absolute atomic E-state index is 0.0817. The van der Waals surface area contributed by atoms with E-state index in [1.807, 2.05) is 54.6 Å². The summed E-state index contributed by atoms with van der Waals surface area (Å²) in [5.74, 6) is 4.20. The van der Waals surface area contributed by atoms with E-state index in [4.69, 9.17) is 14.2 Å². The smallest absolute Gasteiger partial charge is 0.134 e. The first kappa shape index (κ1) is 28.3. The molecule has 39 heavy (non-hydrogen) atoms. The first-order chi connectivity index (χ1) is 18.2. The Morgan fingerprint density at radius 2 is 0.513 bits per heavy atom. The lowest BCUT2D eigenvalue weighted by Crippen LogP contribution is -2.10. The van der Waals surface area contributed by atoms with Gasteiger partial charge < -0.3 is 14.2 Å². The van der Waals surface area contributed by atoms with Gasteiger partial charge in [-0.2, -0.15) is 0 Å². The lowest BCUT2D eigenvalue weighted by molar-refractivity contribution is 0.439. The van der Waals surface area contributed by atoms with Crippen LogP contribution in [0.3, 0.4) is 0 Å². The van der Waals surface area contributed by atoms with Gasteiger partial charge in [0, 0.05) is 18.2 Å². The van der Waals surface area contributed by atoms with Gasteiger partial charge in [0.15, 0.2) is 0 Å². The molecule has 0 N–H and O–H groups in total. The van der Waals surface area contributed by atoms with Crippen LogP contribution in [0.4, 0.5) is 0 Å². The van der Waals surface area contributed by atoms with E-state index in [-0.39, 0.29) is 16.2 Å². The van der Waals surface area contributed by atoms with Crippen LogP contribution in [0.1, 0.15) is 79.0 Å². The maximum atomic E-state index is 6.27. The highest BCUT2D eigenvalue weighted by molar-refractivity contribution is 5.48. The summed E-state index contributed by atoms with van der Waals surface area (Å²) >= 11 is 0. The van der Waals surface area contributed by atoms with Crippen LogP contribution in [0.25, 0.3) is 0 Å². The molecule has 0 aromatic heterocycles. The fourth-order valence-corrected chi connectivity index (χ4v) is 4.20. The molecule has 204 valence electrons. The van der Waals surface area contributed by atoms with Crippen molar-refractivity contribution >= 4 is 0 Å². The fraction of sp³-hybridized carbons (Fsp3) is 0.333. The summed E-state index contributed by atoms with van der Waals surface area (Å²) in [6.45, 7) is 19.8. The Labute approximate surface area is 234 Å². The average molecular weight is 523 g/mol. The van der Waals surface area contributed by atoms with Crippen LogP contribution < -0.4 is 14.2 Å². The second-order valence-electron chi connectivity index (χ2n) is 13.3. The highest BCUT2D eigenvalue weighted by Crippen LogP contribution is 2.37. The summed E-state index contributed by atoms with van der Waals surface area (Å²) in [6.07, 6.45) is 0. The van der Waals surface area contributed by atoms with Gasteiger partial charge in [-0.3, -0.25) is 0 Å². The molecule has 0 fully saturated rings. The van der Waals surface area contributed by atoms with Gasteiger partial charge in [0.05, 0.1) is 0 Å². The molecule has 3 heteroatoms. The quantitative estimate of drug-likeness (QED) is 0.252. The first-order valence-corrected chi connectivity index (χ1v) is 13.7. The molecular formula is C36H42O3. The first-order valence-electron chi connectivity index (χ1n) is 13.7. The fourth-order valence-electron chi connectivity index (χ4n) is 4.20. The SMILES string of the molecule is CC(C)(C)c1ccc(Oc2cc(Oc3ccc(C(C)(C)C)cc3)cc(Oc3ccc(C(C)(C)C)cc3)c2)cc1. The van der Waals surface area contributed by atoms with Crippen molar-refractivity contribution in [2.24, 2.45) is 0 Å². The summed E-state index contributed by atoms with van der Waals surface area (Å²) in [7, 11) is 0. The van der Waals surface area contributed by atoms with E-state index in [9.17, 15) is 0 Å². The van der Waals surface area contributed by atoms with Gasteiger partial charge in [-0.05, 0) is 69.3 Å². The predicted molar refractivity (Wildman–Crippen MR) is 162 cm³/mol. The van der Waals surface area contributed by atoms with Crippen LogP contribution >= 0.6 is 0 Å². The van der Waals surface area contributed by atoms with E-state index in [0.29, 0.717) is 17.2 Å². The van der Waals surface area contributed by atoms with E-state index in [0.717, 1.165) is 17.2 Å². The van der Waals surface area contributed by atoms with Crippen LogP contribution in [0.5, 0.6) is 34.5 Å². The number of rotatable bonds is 6. The Morgan fingerprint density at radius 3 is 0.692 bits per heavy atom. The number of benzene rings is 4. The molecule has 0 saturated carbocycles. The molecule has 0 unspecified atom stereocenters. The normalized spacial score (nSPS) is 12.2. The molecule has 4 aromatic rings. The molecule has 0 bridgehead atoms. The standard InChI is InChI=1S/C36H42O3/c1-34(2,3)25-10-16-28(17-11-25)37-31-22-32(38-29-18-12-26(13-19-29)35(4,5)6)24-33(23-31)39-30-20-14-27(15-21-30)36(7,8)9/h10-24H,1-9H3. The number of hydrogen-bond donors (Lipinski definition) is 0. The van der Waals surface area contributed by atoms with Crippen LogP contribution in [0, 0.1) is 0 Å². The molecular weight excluding hydrogens is 480 g/mol. The van der Waals surface area contributed by atoms with Gasteiger partial charge in [-0.15, -0.1) is 0 Å². The van der Waals surface area contributed by atoms with Crippen LogP contribution in [0.15, 0.2) is 91.0 Å². The molecule has 0 aliphatic carbocycles. The third-order valence-electron chi connectivity index (χ3n) is 6.72. The van der Waals surface area contributed by atoms with Gasteiger partial charge >= 0.3 is 0 Å². The molecule has 0 saturated heterocycles. The summed E-state index contributed by atoms with van der Waals surface area (Å²) in [4.78, 5) is 0. The molecule has 0 aliphatic heterocycles. The lowest BCUT2D eigenvalue weighted by Gasteiger charge is -2.20. The summed E-state index contributed by atoms with van der Waals surface area (Å²) in [5.41, 5.74) is 4.02. The summed E-state index contributed by atoms with van der Waals surface area (Å²) in [6, 6.07) is 30.4. The largest absolute Gasteiger partial charge is 0.457 e. The monoisotopic (exact) mass is 522 g/mol. The van der Waals surface area contributed by atoms with E-state index in [1.54, 1.807) is 0 Å².